The van der Waals surface area contributed by atoms with E-state index in [1.54, 1.807) is 6.21 Å². The van der Waals surface area contributed by atoms with Crippen LogP contribution >= 0.6 is 12.2 Å². The molecule has 4 nitrogen and oxygen atoms in total. The molecule has 0 spiro atoms. The van der Waals surface area contributed by atoms with Gasteiger partial charge in [-0.15, -0.1) is 0 Å². The second-order valence-corrected chi connectivity index (χ2v) is 6.25. The highest BCUT2D eigenvalue weighted by atomic mass is 32.1. The number of aryl methyl sites for hydroxylation is 1. The first-order valence-corrected chi connectivity index (χ1v) is 8.90. The highest BCUT2D eigenvalue weighted by Crippen LogP contribution is 2.17. The molecule has 2 aromatic rings. The minimum Gasteiger partial charge on any atom is -0.494 e. The van der Waals surface area contributed by atoms with Crippen LogP contribution in [-0.4, -0.2) is 17.9 Å². The van der Waals surface area contributed by atoms with Gasteiger partial charge in [-0.2, -0.15) is 5.10 Å². The van der Waals surface area contributed by atoms with Gasteiger partial charge < -0.3 is 10.1 Å². The number of anilines is 1. The smallest absolute Gasteiger partial charge is 0.191 e. The van der Waals surface area contributed by atoms with Crippen molar-refractivity contribution in [1.29, 1.82) is 0 Å². The summed E-state index contributed by atoms with van der Waals surface area (Å²) in [5.74, 6) is 0.880. The van der Waals surface area contributed by atoms with Gasteiger partial charge in [0.1, 0.15) is 5.75 Å². The minimum absolute atomic E-state index is 0.462. The first-order valence-electron chi connectivity index (χ1n) is 8.49. The van der Waals surface area contributed by atoms with E-state index in [1.807, 2.05) is 36.4 Å². The molecule has 0 saturated heterocycles. The number of unbranched alkanes of at least 4 members (excludes halogenated alkanes) is 1. The molecule has 2 rings (SSSR count). The van der Waals surface area contributed by atoms with Crippen molar-refractivity contribution < 1.29 is 4.74 Å². The van der Waals surface area contributed by atoms with Gasteiger partial charge in [0.05, 0.1) is 12.8 Å². The van der Waals surface area contributed by atoms with E-state index in [0.29, 0.717) is 5.11 Å². The van der Waals surface area contributed by atoms with E-state index < -0.39 is 0 Å². The molecular weight excluding hydrogens is 330 g/mol. The molecule has 0 radical (unpaired) electrons. The Kier molecular flexibility index (Phi) is 7.41. The van der Waals surface area contributed by atoms with E-state index >= 15 is 0 Å². The summed E-state index contributed by atoms with van der Waals surface area (Å²) in [6.45, 7) is 7.04. The van der Waals surface area contributed by atoms with Crippen molar-refractivity contribution in [1.82, 2.24) is 5.43 Å². The number of thiocarbonyl (C=S) groups is 1. The topological polar surface area (TPSA) is 45.6 Å². The van der Waals surface area contributed by atoms with Gasteiger partial charge in [0, 0.05) is 5.69 Å². The molecule has 25 heavy (non-hydrogen) atoms. The highest BCUT2D eigenvalue weighted by molar-refractivity contribution is 7.80. The van der Waals surface area contributed by atoms with E-state index in [9.17, 15) is 0 Å². The Morgan fingerprint density at radius 1 is 1.16 bits per heavy atom. The fraction of sp³-hybridized carbons (Fsp3) is 0.300. The maximum atomic E-state index is 5.64. The fourth-order valence-electron chi connectivity index (χ4n) is 2.19. The lowest BCUT2D eigenvalue weighted by atomic mass is 10.1. The molecule has 0 saturated carbocycles. The molecule has 0 unspecified atom stereocenters. The fourth-order valence-corrected chi connectivity index (χ4v) is 2.35. The maximum Gasteiger partial charge on any atom is 0.191 e. The van der Waals surface area contributed by atoms with Gasteiger partial charge in [-0.3, -0.25) is 5.43 Å². The minimum atomic E-state index is 0.462. The normalized spacial score (nSPS) is 10.7. The monoisotopic (exact) mass is 355 g/mol. The van der Waals surface area contributed by atoms with E-state index in [0.717, 1.165) is 36.4 Å². The van der Waals surface area contributed by atoms with E-state index in [-0.39, 0.29) is 0 Å². The zero-order valence-corrected chi connectivity index (χ0v) is 15.8. The Hall–Kier alpha value is -2.40. The van der Waals surface area contributed by atoms with Crippen LogP contribution in [-0.2, 0) is 0 Å². The van der Waals surface area contributed by atoms with E-state index in [1.165, 1.54) is 11.1 Å². The summed E-state index contributed by atoms with van der Waals surface area (Å²) >= 11 is 5.28. The molecule has 0 aliphatic rings. The summed E-state index contributed by atoms with van der Waals surface area (Å²) in [5.41, 5.74) is 7.20. The van der Waals surface area contributed by atoms with Crippen molar-refractivity contribution in [2.24, 2.45) is 5.10 Å². The summed E-state index contributed by atoms with van der Waals surface area (Å²) < 4.78 is 5.64. The Morgan fingerprint density at radius 3 is 2.64 bits per heavy atom. The number of rotatable bonds is 7. The van der Waals surface area contributed by atoms with Crippen molar-refractivity contribution in [3.8, 4) is 5.75 Å². The first kappa shape index (κ1) is 18.9. The quantitative estimate of drug-likeness (QED) is 0.324. The molecule has 0 aliphatic carbocycles. The van der Waals surface area contributed by atoms with Gasteiger partial charge in [-0.1, -0.05) is 25.5 Å². The number of hydrazone groups is 1. The van der Waals surface area contributed by atoms with Crippen molar-refractivity contribution in [3.05, 3.63) is 59.2 Å². The molecule has 0 heterocycles. The van der Waals surface area contributed by atoms with Crippen LogP contribution in [0.25, 0.3) is 0 Å². The van der Waals surface area contributed by atoms with Crippen LogP contribution in [0.1, 0.15) is 36.5 Å². The predicted octanol–water partition coefficient (Wildman–Crippen LogP) is 4.80. The largest absolute Gasteiger partial charge is 0.494 e. The third kappa shape index (κ3) is 6.19. The van der Waals surface area contributed by atoms with Crippen molar-refractivity contribution in [2.45, 2.75) is 33.6 Å². The number of hydrogen-bond acceptors (Lipinski definition) is 3. The average Bonchev–Trinajstić information content (AvgIpc) is 2.60. The summed E-state index contributed by atoms with van der Waals surface area (Å²) in [5, 5.41) is 7.80. The number of ether oxygens (including phenoxy) is 1. The number of benzene rings is 2. The Bertz CT molecular complexity index is 726. The van der Waals surface area contributed by atoms with Crippen LogP contribution in [0.3, 0.4) is 0 Å². The molecule has 0 aliphatic heterocycles. The molecule has 0 bridgehead atoms. The zero-order chi connectivity index (χ0) is 18.1. The number of hydrogen-bond donors (Lipinski definition) is 2. The van der Waals surface area contributed by atoms with Gasteiger partial charge in [-0.05, 0) is 79.5 Å². The molecule has 0 aromatic heterocycles. The third-order valence-electron chi connectivity index (χ3n) is 3.88. The van der Waals surface area contributed by atoms with Crippen LogP contribution in [0.4, 0.5) is 5.69 Å². The Labute approximate surface area is 155 Å². The summed E-state index contributed by atoms with van der Waals surface area (Å²) in [4.78, 5) is 0. The molecule has 2 aromatic carbocycles. The summed E-state index contributed by atoms with van der Waals surface area (Å²) in [6, 6.07) is 13.9. The first-order chi connectivity index (χ1) is 12.1. The van der Waals surface area contributed by atoms with Gasteiger partial charge >= 0.3 is 0 Å². The van der Waals surface area contributed by atoms with E-state index in [4.69, 9.17) is 17.0 Å². The molecule has 0 atom stereocenters. The molecule has 0 amide bonds. The van der Waals surface area contributed by atoms with Crippen LogP contribution in [0.2, 0.25) is 0 Å². The SMILES string of the molecule is CCCCOc1ccc(/C=N\NC(=S)Nc2cccc(C)c2C)cc1. The van der Waals surface area contributed by atoms with Gasteiger partial charge in [0.25, 0.3) is 0 Å². The maximum absolute atomic E-state index is 5.64. The van der Waals surface area contributed by atoms with Crippen LogP contribution < -0.4 is 15.5 Å². The predicted molar refractivity (Wildman–Crippen MR) is 110 cm³/mol. The second-order valence-electron chi connectivity index (χ2n) is 5.84. The number of nitrogens with one attached hydrogen (secondary N) is 2. The lowest BCUT2D eigenvalue weighted by Gasteiger charge is -2.11. The van der Waals surface area contributed by atoms with E-state index in [2.05, 4.69) is 42.7 Å². The molecular formula is C20H25N3OS. The Morgan fingerprint density at radius 2 is 1.92 bits per heavy atom. The Balaban J connectivity index is 1.83. The molecule has 0 fully saturated rings. The van der Waals surface area contributed by atoms with Crippen molar-refractivity contribution in [2.75, 3.05) is 11.9 Å². The number of nitrogens with zero attached hydrogens (tertiary/aromatic N) is 1. The zero-order valence-electron chi connectivity index (χ0n) is 15.0. The molecule has 132 valence electrons. The van der Waals surface area contributed by atoms with Gasteiger partial charge in [-0.25, -0.2) is 0 Å². The molecule has 5 heteroatoms. The second kappa shape index (κ2) is 9.79. The van der Waals surface area contributed by atoms with Crippen LogP contribution in [0, 0.1) is 13.8 Å². The lowest BCUT2D eigenvalue weighted by Crippen LogP contribution is -2.24. The molecule has 2 N–H and O–H groups in total. The summed E-state index contributed by atoms with van der Waals surface area (Å²) in [7, 11) is 0. The summed E-state index contributed by atoms with van der Waals surface area (Å²) in [6.07, 6.45) is 3.93. The van der Waals surface area contributed by atoms with Crippen molar-refractivity contribution >= 4 is 29.2 Å². The standard InChI is InChI=1S/C20H25N3OS/c1-4-5-13-24-18-11-9-17(10-12-18)14-21-23-20(25)22-19-8-6-7-15(2)16(19)3/h6-12,14H,4-5,13H2,1-3H3,(H2,22,23,25)/b21-14-. The van der Waals surface area contributed by atoms with Crippen LogP contribution in [0.15, 0.2) is 47.6 Å². The highest BCUT2D eigenvalue weighted by Gasteiger charge is 2.02. The van der Waals surface area contributed by atoms with Gasteiger partial charge in [0.2, 0.25) is 0 Å². The third-order valence-corrected chi connectivity index (χ3v) is 4.07. The van der Waals surface area contributed by atoms with Crippen LogP contribution in [0.5, 0.6) is 5.75 Å². The average molecular weight is 356 g/mol. The lowest BCUT2D eigenvalue weighted by molar-refractivity contribution is 0.309. The van der Waals surface area contributed by atoms with Crippen molar-refractivity contribution in [3.63, 3.8) is 0 Å². The van der Waals surface area contributed by atoms with Gasteiger partial charge in [0.15, 0.2) is 5.11 Å².